The standard InChI is InChI=1S/C11H15N3S/c1-8(7-12-2)15-11-13-9-5-3-4-6-10(9)14-11/h3-6,8,12H,7H2,1-2H3,(H,13,14). The normalized spacial score (nSPS) is 13.2. The predicted octanol–water partition coefficient (Wildman–Crippen LogP) is 2.26. The molecule has 0 aliphatic rings. The highest BCUT2D eigenvalue weighted by atomic mass is 32.2. The minimum atomic E-state index is 0.524. The van der Waals surface area contributed by atoms with Gasteiger partial charge in [-0.25, -0.2) is 4.98 Å². The van der Waals surface area contributed by atoms with E-state index >= 15 is 0 Å². The van der Waals surface area contributed by atoms with Gasteiger partial charge in [-0.2, -0.15) is 0 Å². The Morgan fingerprint density at radius 1 is 1.47 bits per heavy atom. The van der Waals surface area contributed by atoms with Gasteiger partial charge in [0.15, 0.2) is 5.16 Å². The topological polar surface area (TPSA) is 40.7 Å². The van der Waals surface area contributed by atoms with Crippen molar-refractivity contribution >= 4 is 22.8 Å². The van der Waals surface area contributed by atoms with Gasteiger partial charge in [-0.05, 0) is 19.2 Å². The molecule has 1 aromatic carbocycles. The lowest BCUT2D eigenvalue weighted by molar-refractivity contribution is 0.782. The summed E-state index contributed by atoms with van der Waals surface area (Å²) in [4.78, 5) is 7.82. The molecule has 3 nitrogen and oxygen atoms in total. The van der Waals surface area contributed by atoms with Gasteiger partial charge >= 0.3 is 0 Å². The predicted molar refractivity (Wildman–Crippen MR) is 65.3 cm³/mol. The number of aromatic amines is 1. The van der Waals surface area contributed by atoms with Crippen LogP contribution in [-0.2, 0) is 0 Å². The summed E-state index contributed by atoms with van der Waals surface area (Å²) in [7, 11) is 1.97. The van der Waals surface area contributed by atoms with Gasteiger partial charge in [-0.1, -0.05) is 30.8 Å². The molecule has 2 N–H and O–H groups in total. The molecule has 1 aromatic heterocycles. The lowest BCUT2D eigenvalue weighted by Crippen LogP contribution is -2.17. The highest BCUT2D eigenvalue weighted by Gasteiger charge is 2.07. The maximum Gasteiger partial charge on any atom is 0.166 e. The van der Waals surface area contributed by atoms with E-state index in [0.717, 1.165) is 22.7 Å². The number of fused-ring (bicyclic) bond motifs is 1. The van der Waals surface area contributed by atoms with E-state index in [4.69, 9.17) is 0 Å². The van der Waals surface area contributed by atoms with Crippen molar-refractivity contribution in [2.24, 2.45) is 0 Å². The molecule has 0 amide bonds. The number of para-hydroxylation sites is 2. The number of nitrogens with one attached hydrogen (secondary N) is 2. The van der Waals surface area contributed by atoms with E-state index in [1.807, 2.05) is 25.2 Å². The number of nitrogens with zero attached hydrogens (tertiary/aromatic N) is 1. The van der Waals surface area contributed by atoms with Gasteiger partial charge in [0.1, 0.15) is 0 Å². The van der Waals surface area contributed by atoms with Gasteiger partial charge in [0.2, 0.25) is 0 Å². The van der Waals surface area contributed by atoms with E-state index in [9.17, 15) is 0 Å². The number of aromatic nitrogens is 2. The fourth-order valence-corrected chi connectivity index (χ4v) is 2.46. The number of hydrogen-bond acceptors (Lipinski definition) is 3. The van der Waals surface area contributed by atoms with Crippen molar-refractivity contribution < 1.29 is 0 Å². The Bertz CT molecular complexity index is 405. The molecule has 0 aliphatic carbocycles. The van der Waals surface area contributed by atoms with Gasteiger partial charge in [0, 0.05) is 11.8 Å². The quantitative estimate of drug-likeness (QED) is 0.778. The highest BCUT2D eigenvalue weighted by Crippen LogP contribution is 2.22. The molecule has 0 saturated heterocycles. The van der Waals surface area contributed by atoms with E-state index < -0.39 is 0 Å². The molecule has 0 saturated carbocycles. The molecular formula is C11H15N3S. The second kappa shape index (κ2) is 4.68. The zero-order chi connectivity index (χ0) is 10.7. The molecule has 15 heavy (non-hydrogen) atoms. The Hall–Kier alpha value is -1.00. The Morgan fingerprint density at radius 3 is 3.00 bits per heavy atom. The van der Waals surface area contributed by atoms with Crippen LogP contribution in [0.15, 0.2) is 29.4 Å². The number of imidazole rings is 1. The first-order valence-corrected chi connectivity index (χ1v) is 5.93. The molecule has 1 unspecified atom stereocenters. The van der Waals surface area contributed by atoms with Crippen LogP contribution in [0.2, 0.25) is 0 Å². The Balaban J connectivity index is 2.15. The molecule has 2 aromatic rings. The molecule has 80 valence electrons. The molecule has 1 heterocycles. The fourth-order valence-electron chi connectivity index (χ4n) is 1.50. The summed E-state index contributed by atoms with van der Waals surface area (Å²) in [5.74, 6) is 0. The number of H-pyrrole nitrogens is 1. The molecule has 0 radical (unpaired) electrons. The molecule has 0 bridgehead atoms. The second-order valence-corrected chi connectivity index (χ2v) is 4.97. The van der Waals surface area contributed by atoms with Crippen molar-refractivity contribution in [2.45, 2.75) is 17.3 Å². The summed E-state index contributed by atoms with van der Waals surface area (Å²) in [5, 5.41) is 4.68. The van der Waals surface area contributed by atoms with E-state index in [1.165, 1.54) is 0 Å². The third kappa shape index (κ3) is 2.52. The molecule has 2 rings (SSSR count). The van der Waals surface area contributed by atoms with Crippen LogP contribution in [0.25, 0.3) is 11.0 Å². The SMILES string of the molecule is CNCC(C)Sc1nc2ccccc2[nH]1. The monoisotopic (exact) mass is 221 g/mol. The van der Waals surface area contributed by atoms with Gasteiger partial charge in [0.25, 0.3) is 0 Å². The summed E-state index contributed by atoms with van der Waals surface area (Å²) in [5.41, 5.74) is 2.15. The van der Waals surface area contributed by atoms with Crippen LogP contribution in [-0.4, -0.2) is 28.8 Å². The average Bonchev–Trinajstić information content (AvgIpc) is 2.59. The van der Waals surface area contributed by atoms with Crippen molar-refractivity contribution in [1.29, 1.82) is 0 Å². The number of benzene rings is 1. The Labute approximate surface area is 93.7 Å². The van der Waals surface area contributed by atoms with Crippen molar-refractivity contribution in [3.63, 3.8) is 0 Å². The molecular weight excluding hydrogens is 206 g/mol. The van der Waals surface area contributed by atoms with Crippen LogP contribution in [0.1, 0.15) is 6.92 Å². The maximum absolute atomic E-state index is 4.51. The molecule has 1 atom stereocenters. The molecule has 0 aliphatic heterocycles. The fraction of sp³-hybridized carbons (Fsp3) is 0.364. The summed E-state index contributed by atoms with van der Waals surface area (Å²) in [6.07, 6.45) is 0. The first kappa shape index (κ1) is 10.5. The number of thioether (sulfide) groups is 1. The van der Waals surface area contributed by atoms with Gasteiger partial charge in [-0.15, -0.1) is 0 Å². The number of rotatable bonds is 4. The minimum Gasteiger partial charge on any atom is -0.333 e. The zero-order valence-corrected chi connectivity index (χ0v) is 9.77. The van der Waals surface area contributed by atoms with Gasteiger partial charge in [-0.3, -0.25) is 0 Å². The lowest BCUT2D eigenvalue weighted by Gasteiger charge is -2.06. The van der Waals surface area contributed by atoms with Crippen LogP contribution < -0.4 is 5.32 Å². The van der Waals surface area contributed by atoms with Crippen molar-refractivity contribution in [3.8, 4) is 0 Å². The summed E-state index contributed by atoms with van der Waals surface area (Å²) in [6.45, 7) is 3.18. The van der Waals surface area contributed by atoms with E-state index in [1.54, 1.807) is 11.8 Å². The Morgan fingerprint density at radius 2 is 2.27 bits per heavy atom. The van der Waals surface area contributed by atoms with Crippen LogP contribution in [0.5, 0.6) is 0 Å². The first-order chi connectivity index (χ1) is 7.29. The van der Waals surface area contributed by atoms with E-state index in [-0.39, 0.29) is 0 Å². The lowest BCUT2D eigenvalue weighted by atomic mass is 10.3. The van der Waals surface area contributed by atoms with Crippen LogP contribution in [0.3, 0.4) is 0 Å². The van der Waals surface area contributed by atoms with E-state index in [0.29, 0.717) is 5.25 Å². The Kier molecular flexibility index (Phi) is 3.28. The van der Waals surface area contributed by atoms with Crippen LogP contribution in [0.4, 0.5) is 0 Å². The summed E-state index contributed by atoms with van der Waals surface area (Å²) >= 11 is 1.76. The van der Waals surface area contributed by atoms with Crippen molar-refractivity contribution in [2.75, 3.05) is 13.6 Å². The zero-order valence-electron chi connectivity index (χ0n) is 8.95. The average molecular weight is 221 g/mol. The van der Waals surface area contributed by atoms with Crippen molar-refractivity contribution in [3.05, 3.63) is 24.3 Å². The van der Waals surface area contributed by atoms with E-state index in [2.05, 4.69) is 28.3 Å². The first-order valence-electron chi connectivity index (χ1n) is 5.05. The highest BCUT2D eigenvalue weighted by molar-refractivity contribution is 7.99. The molecule has 0 fully saturated rings. The summed E-state index contributed by atoms with van der Waals surface area (Å²) in [6, 6.07) is 8.11. The van der Waals surface area contributed by atoms with Crippen LogP contribution in [0, 0.1) is 0 Å². The largest absolute Gasteiger partial charge is 0.333 e. The minimum absolute atomic E-state index is 0.524. The van der Waals surface area contributed by atoms with Gasteiger partial charge in [0.05, 0.1) is 11.0 Å². The number of hydrogen-bond donors (Lipinski definition) is 2. The van der Waals surface area contributed by atoms with Gasteiger partial charge < -0.3 is 10.3 Å². The third-order valence-electron chi connectivity index (χ3n) is 2.17. The second-order valence-electron chi connectivity index (χ2n) is 3.55. The summed E-state index contributed by atoms with van der Waals surface area (Å²) < 4.78 is 0. The molecule has 4 heteroatoms. The third-order valence-corrected chi connectivity index (χ3v) is 3.16. The van der Waals surface area contributed by atoms with Crippen molar-refractivity contribution in [1.82, 2.24) is 15.3 Å². The smallest absolute Gasteiger partial charge is 0.166 e. The maximum atomic E-state index is 4.51. The van der Waals surface area contributed by atoms with Crippen LogP contribution >= 0.6 is 11.8 Å². The molecule has 0 spiro atoms.